The predicted octanol–water partition coefficient (Wildman–Crippen LogP) is 2.67. The minimum atomic E-state index is -2.27. The monoisotopic (exact) mass is 212 g/mol. The Morgan fingerprint density at radius 2 is 2.20 bits per heavy atom. The zero-order valence-corrected chi connectivity index (χ0v) is 7.41. The van der Waals surface area contributed by atoms with E-state index in [9.17, 15) is 13.6 Å². The maximum absolute atomic E-state index is 13.1. The van der Waals surface area contributed by atoms with Crippen LogP contribution in [0.15, 0.2) is 28.7 Å². The van der Waals surface area contributed by atoms with Crippen LogP contribution in [0.2, 0.25) is 0 Å². The number of furan rings is 1. The summed E-state index contributed by atoms with van der Waals surface area (Å²) in [7, 11) is 0. The molecule has 0 amide bonds. The number of halogens is 2. The van der Waals surface area contributed by atoms with Gasteiger partial charge in [-0.3, -0.25) is 0 Å². The molecule has 15 heavy (non-hydrogen) atoms. The van der Waals surface area contributed by atoms with Crippen molar-refractivity contribution in [3.05, 3.63) is 35.8 Å². The number of hydrogen-bond acceptors (Lipinski definition) is 2. The fraction of sp³-hybridized carbons (Fsp3) is 0.100. The zero-order valence-electron chi connectivity index (χ0n) is 7.41. The van der Waals surface area contributed by atoms with Crippen LogP contribution in [0.3, 0.4) is 0 Å². The molecule has 0 spiro atoms. The van der Waals surface area contributed by atoms with Crippen molar-refractivity contribution in [2.24, 2.45) is 0 Å². The Morgan fingerprint density at radius 3 is 2.80 bits per heavy atom. The first-order valence-corrected chi connectivity index (χ1v) is 4.14. The molecule has 1 heterocycles. The number of alkyl halides is 1. The number of aliphatic carboxylic acids is 1. The van der Waals surface area contributed by atoms with Crippen LogP contribution in [0.1, 0.15) is 11.9 Å². The molecule has 1 aromatic heterocycles. The van der Waals surface area contributed by atoms with Gasteiger partial charge in [-0.1, -0.05) is 12.1 Å². The van der Waals surface area contributed by atoms with E-state index in [0.717, 1.165) is 6.07 Å². The van der Waals surface area contributed by atoms with Crippen molar-refractivity contribution in [3.63, 3.8) is 0 Å². The molecule has 0 saturated heterocycles. The van der Waals surface area contributed by atoms with E-state index >= 15 is 0 Å². The largest absolute Gasteiger partial charge is 0.479 e. The fourth-order valence-electron chi connectivity index (χ4n) is 1.29. The third kappa shape index (κ3) is 1.56. The van der Waals surface area contributed by atoms with Gasteiger partial charge in [0, 0.05) is 5.39 Å². The van der Waals surface area contributed by atoms with E-state index in [4.69, 9.17) is 9.52 Å². The summed E-state index contributed by atoms with van der Waals surface area (Å²) in [6, 6.07) is 5.28. The summed E-state index contributed by atoms with van der Waals surface area (Å²) in [4.78, 5) is 10.3. The van der Waals surface area contributed by atoms with E-state index in [1.807, 2.05) is 0 Å². The highest BCUT2D eigenvalue weighted by Crippen LogP contribution is 2.27. The Hall–Kier alpha value is -1.91. The van der Waals surface area contributed by atoms with Crippen LogP contribution in [-0.4, -0.2) is 11.1 Å². The fourth-order valence-corrected chi connectivity index (χ4v) is 1.29. The zero-order chi connectivity index (χ0) is 11.0. The lowest BCUT2D eigenvalue weighted by Gasteiger charge is -1.95. The molecule has 0 bridgehead atoms. The van der Waals surface area contributed by atoms with E-state index in [0.29, 0.717) is 5.39 Å². The molecule has 0 aliphatic carbocycles. The number of rotatable bonds is 2. The van der Waals surface area contributed by atoms with Gasteiger partial charge in [-0.05, 0) is 12.1 Å². The van der Waals surface area contributed by atoms with Gasteiger partial charge in [0.25, 0.3) is 6.17 Å². The minimum Gasteiger partial charge on any atom is -0.479 e. The van der Waals surface area contributed by atoms with Crippen molar-refractivity contribution < 1.29 is 23.1 Å². The molecular weight excluding hydrogens is 206 g/mol. The molecule has 1 unspecified atom stereocenters. The topological polar surface area (TPSA) is 50.4 Å². The van der Waals surface area contributed by atoms with Gasteiger partial charge >= 0.3 is 5.97 Å². The number of carbonyl (C=O) groups is 1. The third-order valence-corrected chi connectivity index (χ3v) is 1.98. The number of carboxylic acids is 1. The molecule has 1 aromatic carbocycles. The Bertz CT molecular complexity index is 518. The molecule has 1 atom stereocenters. The highest BCUT2D eigenvalue weighted by Gasteiger charge is 2.23. The highest BCUT2D eigenvalue weighted by atomic mass is 19.1. The average Bonchev–Trinajstić information content (AvgIpc) is 2.61. The van der Waals surface area contributed by atoms with Crippen LogP contribution in [0, 0.1) is 5.82 Å². The van der Waals surface area contributed by atoms with Crippen molar-refractivity contribution in [3.8, 4) is 0 Å². The molecule has 0 aliphatic heterocycles. The van der Waals surface area contributed by atoms with Crippen LogP contribution >= 0.6 is 0 Å². The van der Waals surface area contributed by atoms with Gasteiger partial charge in [-0.2, -0.15) is 0 Å². The first-order valence-electron chi connectivity index (χ1n) is 4.14. The Kier molecular flexibility index (Phi) is 2.15. The van der Waals surface area contributed by atoms with Crippen LogP contribution in [0.25, 0.3) is 11.0 Å². The number of fused-ring (bicyclic) bond motifs is 1. The maximum Gasteiger partial charge on any atom is 0.346 e. The lowest BCUT2D eigenvalue weighted by molar-refractivity contribution is -0.143. The van der Waals surface area contributed by atoms with Gasteiger partial charge in [0.1, 0.15) is 0 Å². The van der Waals surface area contributed by atoms with Crippen molar-refractivity contribution >= 4 is 16.9 Å². The number of benzene rings is 1. The van der Waals surface area contributed by atoms with Gasteiger partial charge in [-0.25, -0.2) is 13.6 Å². The van der Waals surface area contributed by atoms with Crippen LogP contribution in [0.4, 0.5) is 8.78 Å². The van der Waals surface area contributed by atoms with Gasteiger partial charge < -0.3 is 9.52 Å². The number of hydrogen-bond donors (Lipinski definition) is 1. The van der Waals surface area contributed by atoms with Crippen molar-refractivity contribution in [1.29, 1.82) is 0 Å². The summed E-state index contributed by atoms with van der Waals surface area (Å²) >= 11 is 0. The normalized spacial score (nSPS) is 12.9. The van der Waals surface area contributed by atoms with Gasteiger partial charge in [0.2, 0.25) is 0 Å². The SMILES string of the molecule is O=C(O)C(F)c1cc2cccc(F)c2o1. The van der Waals surface area contributed by atoms with Crippen molar-refractivity contribution in [2.45, 2.75) is 6.17 Å². The summed E-state index contributed by atoms with van der Waals surface area (Å²) in [5, 5.41) is 8.74. The quantitative estimate of drug-likeness (QED) is 0.832. The lowest BCUT2D eigenvalue weighted by atomic mass is 10.2. The lowest BCUT2D eigenvalue weighted by Crippen LogP contribution is -2.04. The average molecular weight is 212 g/mol. The van der Waals surface area contributed by atoms with Crippen LogP contribution in [0.5, 0.6) is 0 Å². The molecule has 2 rings (SSSR count). The van der Waals surface area contributed by atoms with Crippen molar-refractivity contribution in [1.82, 2.24) is 0 Å². The first-order chi connectivity index (χ1) is 7.09. The van der Waals surface area contributed by atoms with E-state index in [1.54, 1.807) is 0 Å². The Labute approximate surface area is 82.9 Å². The number of carboxylic acid groups (broad SMARTS) is 1. The molecule has 2 aromatic rings. The standard InChI is InChI=1S/C10H6F2O3/c11-6-3-1-2-5-4-7(15-9(5)6)8(12)10(13)14/h1-4,8H,(H,13,14). The molecule has 0 aliphatic rings. The Balaban J connectivity index is 2.56. The molecule has 0 radical (unpaired) electrons. The molecular formula is C10H6F2O3. The smallest absolute Gasteiger partial charge is 0.346 e. The van der Waals surface area contributed by atoms with E-state index < -0.39 is 23.7 Å². The van der Waals surface area contributed by atoms with Gasteiger partial charge in [-0.15, -0.1) is 0 Å². The second-order valence-corrected chi connectivity index (χ2v) is 3.01. The van der Waals surface area contributed by atoms with Crippen LogP contribution in [-0.2, 0) is 4.79 Å². The summed E-state index contributed by atoms with van der Waals surface area (Å²) in [6.07, 6.45) is -2.27. The molecule has 0 fully saturated rings. The molecule has 0 saturated carbocycles. The van der Waals surface area contributed by atoms with E-state index in [1.165, 1.54) is 18.2 Å². The molecule has 78 valence electrons. The van der Waals surface area contributed by atoms with Crippen molar-refractivity contribution in [2.75, 3.05) is 0 Å². The predicted molar refractivity (Wildman–Crippen MR) is 47.7 cm³/mol. The van der Waals surface area contributed by atoms with Crippen LogP contribution < -0.4 is 0 Å². The maximum atomic E-state index is 13.1. The first kappa shape index (κ1) is 9.64. The molecule has 1 N–H and O–H groups in total. The number of para-hydroxylation sites is 1. The second-order valence-electron chi connectivity index (χ2n) is 3.01. The molecule has 3 nitrogen and oxygen atoms in total. The summed E-state index contributed by atoms with van der Waals surface area (Å²) in [6.45, 7) is 0. The summed E-state index contributed by atoms with van der Waals surface area (Å²) in [5.41, 5.74) is -0.128. The Morgan fingerprint density at radius 1 is 1.47 bits per heavy atom. The third-order valence-electron chi connectivity index (χ3n) is 1.98. The van der Waals surface area contributed by atoms with E-state index in [2.05, 4.69) is 0 Å². The minimum absolute atomic E-state index is 0.128. The molecule has 5 heteroatoms. The van der Waals surface area contributed by atoms with Gasteiger partial charge in [0.05, 0.1) is 0 Å². The van der Waals surface area contributed by atoms with E-state index in [-0.39, 0.29) is 5.58 Å². The summed E-state index contributed by atoms with van der Waals surface area (Å²) < 4.78 is 30.9. The van der Waals surface area contributed by atoms with Gasteiger partial charge in [0.15, 0.2) is 17.2 Å². The highest BCUT2D eigenvalue weighted by molar-refractivity contribution is 5.81. The second kappa shape index (κ2) is 3.34. The summed E-state index contributed by atoms with van der Waals surface area (Å²) in [5.74, 6) is -2.70.